The number of fused-ring (bicyclic) bond motifs is 2. The van der Waals surface area contributed by atoms with Crippen molar-refractivity contribution in [2.24, 2.45) is 7.05 Å². The topological polar surface area (TPSA) is 164 Å². The molecule has 4 aromatic rings. The van der Waals surface area contributed by atoms with Crippen molar-refractivity contribution in [3.05, 3.63) is 42.0 Å². The number of benzene rings is 2. The highest BCUT2D eigenvalue weighted by Crippen LogP contribution is 2.27. The number of carboxylic acid groups (broad SMARTS) is 1. The molecule has 0 saturated carbocycles. The van der Waals surface area contributed by atoms with Crippen LogP contribution in [0.1, 0.15) is 10.4 Å². The lowest BCUT2D eigenvalue weighted by Gasteiger charge is -2.05. The molecule has 5 N–H and O–H groups in total. The lowest BCUT2D eigenvalue weighted by atomic mass is 10.2. The molecule has 0 unspecified atom stereocenters. The molecule has 0 fully saturated rings. The minimum absolute atomic E-state index is 0.0841. The molecule has 0 radical (unpaired) electrons. The number of amides is 2. The van der Waals surface area contributed by atoms with Crippen LogP contribution in [0.25, 0.3) is 22.1 Å². The number of imidazole rings is 1. The van der Waals surface area contributed by atoms with Crippen molar-refractivity contribution in [1.29, 1.82) is 0 Å². The molecule has 2 aromatic carbocycles. The summed E-state index contributed by atoms with van der Waals surface area (Å²) >= 11 is 0. The van der Waals surface area contributed by atoms with Crippen LogP contribution in [0, 0.1) is 0 Å². The highest BCUT2D eigenvalue weighted by Gasteiger charge is 2.14. The van der Waals surface area contributed by atoms with Crippen molar-refractivity contribution in [3.63, 3.8) is 0 Å². The minimum Gasteiger partial charge on any atom is -0.491 e. The van der Waals surface area contributed by atoms with Gasteiger partial charge in [0.15, 0.2) is 5.58 Å². The molecule has 2 amide bonds. The number of carbonyl (C=O) groups excluding carboxylic acids is 1. The van der Waals surface area contributed by atoms with Crippen molar-refractivity contribution < 1.29 is 29.0 Å². The van der Waals surface area contributed by atoms with Crippen LogP contribution in [0.5, 0.6) is 5.75 Å². The molecule has 0 bridgehead atoms. The van der Waals surface area contributed by atoms with Gasteiger partial charge in [-0.15, -0.1) is 0 Å². The van der Waals surface area contributed by atoms with Gasteiger partial charge in [0.2, 0.25) is 5.95 Å². The number of oxazole rings is 1. The van der Waals surface area contributed by atoms with Gasteiger partial charge in [-0.2, -0.15) is 4.98 Å². The number of aryl methyl sites for hydroxylation is 1. The van der Waals surface area contributed by atoms with E-state index in [1.807, 2.05) is 7.05 Å². The van der Waals surface area contributed by atoms with E-state index in [1.54, 1.807) is 41.0 Å². The Labute approximate surface area is 187 Å². The maximum Gasteiger partial charge on any atom is 0.404 e. The smallest absolute Gasteiger partial charge is 0.404 e. The Balaban J connectivity index is 1.49. The molecule has 0 atom stereocenters. The normalized spacial score (nSPS) is 11.0. The lowest BCUT2D eigenvalue weighted by molar-refractivity contribution is 0.0953. The second-order valence-electron chi connectivity index (χ2n) is 7.03. The summed E-state index contributed by atoms with van der Waals surface area (Å²) in [7, 11) is 1.82. The number of aliphatic hydroxyl groups excluding tert-OH is 1. The molecule has 2 heterocycles. The van der Waals surface area contributed by atoms with E-state index in [2.05, 4.69) is 25.9 Å². The summed E-state index contributed by atoms with van der Waals surface area (Å²) in [5, 5.41) is 25.3. The molecule has 0 spiro atoms. The first kappa shape index (κ1) is 21.9. The zero-order valence-corrected chi connectivity index (χ0v) is 17.7. The summed E-state index contributed by atoms with van der Waals surface area (Å²) < 4.78 is 12.9. The fourth-order valence-electron chi connectivity index (χ4n) is 3.21. The Bertz CT molecular complexity index is 1310. The summed E-state index contributed by atoms with van der Waals surface area (Å²) in [5.74, 6) is 0.700. The zero-order chi connectivity index (χ0) is 23.4. The van der Waals surface area contributed by atoms with E-state index < -0.39 is 6.09 Å². The summed E-state index contributed by atoms with van der Waals surface area (Å²) in [6.45, 7) is 0.381. The van der Waals surface area contributed by atoms with E-state index in [0.717, 1.165) is 5.52 Å². The number of nitrogens with one attached hydrogen (secondary N) is 3. The number of ether oxygens (including phenoxy) is 1. The van der Waals surface area contributed by atoms with Gasteiger partial charge in [0.25, 0.3) is 5.91 Å². The van der Waals surface area contributed by atoms with Gasteiger partial charge in [-0.05, 0) is 30.3 Å². The minimum atomic E-state index is -1.14. The van der Waals surface area contributed by atoms with E-state index >= 15 is 0 Å². The molecule has 33 heavy (non-hydrogen) atoms. The molecule has 0 aliphatic heterocycles. The maximum atomic E-state index is 12.3. The predicted octanol–water partition coefficient (Wildman–Crippen LogP) is 1.83. The molecular formula is C21H22N6O6. The van der Waals surface area contributed by atoms with Crippen LogP contribution in [0.2, 0.25) is 0 Å². The summed E-state index contributed by atoms with van der Waals surface area (Å²) in [4.78, 5) is 31.7. The van der Waals surface area contributed by atoms with Crippen molar-refractivity contribution in [3.8, 4) is 5.75 Å². The molecular weight excluding hydrogens is 432 g/mol. The van der Waals surface area contributed by atoms with Crippen LogP contribution in [0.4, 0.5) is 16.8 Å². The number of rotatable bonds is 9. The first-order valence-electron chi connectivity index (χ1n) is 10.1. The molecule has 2 aromatic heterocycles. The lowest BCUT2D eigenvalue weighted by Crippen LogP contribution is -2.33. The van der Waals surface area contributed by atoms with Gasteiger partial charge in [0.05, 0.1) is 17.6 Å². The van der Waals surface area contributed by atoms with E-state index in [0.29, 0.717) is 33.9 Å². The van der Waals surface area contributed by atoms with Gasteiger partial charge in [-0.25, -0.2) is 9.78 Å². The van der Waals surface area contributed by atoms with Crippen molar-refractivity contribution >= 4 is 46.1 Å². The van der Waals surface area contributed by atoms with Crippen LogP contribution < -0.4 is 20.7 Å². The number of hydrogen-bond donors (Lipinski definition) is 5. The first-order valence-corrected chi connectivity index (χ1v) is 10.1. The van der Waals surface area contributed by atoms with E-state index in [4.69, 9.17) is 19.4 Å². The van der Waals surface area contributed by atoms with E-state index in [9.17, 15) is 9.59 Å². The van der Waals surface area contributed by atoms with Gasteiger partial charge in [0.1, 0.15) is 17.9 Å². The third-order valence-electron chi connectivity index (χ3n) is 4.77. The molecule has 172 valence electrons. The van der Waals surface area contributed by atoms with Crippen LogP contribution >= 0.6 is 0 Å². The second kappa shape index (κ2) is 9.44. The van der Waals surface area contributed by atoms with Crippen LogP contribution in [-0.2, 0) is 7.05 Å². The number of anilines is 2. The summed E-state index contributed by atoms with van der Waals surface area (Å²) in [5.41, 5.74) is 2.93. The highest BCUT2D eigenvalue weighted by molar-refractivity contribution is 5.97. The van der Waals surface area contributed by atoms with E-state index in [-0.39, 0.29) is 38.2 Å². The molecule has 0 saturated heterocycles. The first-order chi connectivity index (χ1) is 15.9. The molecule has 0 aliphatic carbocycles. The molecule has 0 aliphatic rings. The Hall–Kier alpha value is -4.32. The molecule has 12 heteroatoms. The van der Waals surface area contributed by atoms with Gasteiger partial charge < -0.3 is 34.6 Å². The fourth-order valence-corrected chi connectivity index (χ4v) is 3.21. The maximum absolute atomic E-state index is 12.3. The number of carbonyl (C=O) groups is 2. The highest BCUT2D eigenvalue weighted by atomic mass is 16.5. The quantitative estimate of drug-likeness (QED) is 0.237. The third kappa shape index (κ3) is 4.96. The standard InChI is InChI=1S/C21H22N6O6/c1-27-16-5-2-12(18(29)22-6-7-23-21(30)31)10-15(16)24-19(27)26-20-25-14-4-3-13(32-9-8-28)11-17(14)33-20/h2-5,10-11,23,28H,6-9H2,1H3,(H,22,29)(H,30,31)(H,24,25,26). The van der Waals surface area contributed by atoms with Gasteiger partial charge in [-0.3, -0.25) is 10.1 Å². The average molecular weight is 454 g/mol. The largest absolute Gasteiger partial charge is 0.491 e. The monoisotopic (exact) mass is 454 g/mol. The SMILES string of the molecule is Cn1c(Nc2nc3ccc(OCCO)cc3o2)nc2cc(C(=O)NCCNC(=O)O)ccc21. The van der Waals surface area contributed by atoms with Crippen molar-refractivity contribution in [2.75, 3.05) is 31.6 Å². The number of nitrogens with zero attached hydrogens (tertiary/aromatic N) is 3. The van der Waals surface area contributed by atoms with Crippen LogP contribution in [-0.4, -0.2) is 63.1 Å². The fraction of sp³-hybridized carbons (Fsp3) is 0.238. The molecule has 4 rings (SSSR count). The summed E-state index contributed by atoms with van der Waals surface area (Å²) in [6.07, 6.45) is -1.14. The Morgan fingerprint density at radius 1 is 1.09 bits per heavy atom. The molecule has 12 nitrogen and oxygen atoms in total. The predicted molar refractivity (Wildman–Crippen MR) is 119 cm³/mol. The van der Waals surface area contributed by atoms with Gasteiger partial charge in [0, 0.05) is 31.8 Å². The van der Waals surface area contributed by atoms with Crippen LogP contribution in [0.3, 0.4) is 0 Å². The van der Waals surface area contributed by atoms with Crippen molar-refractivity contribution in [2.45, 2.75) is 0 Å². The van der Waals surface area contributed by atoms with Crippen LogP contribution in [0.15, 0.2) is 40.8 Å². The Morgan fingerprint density at radius 2 is 1.91 bits per heavy atom. The van der Waals surface area contributed by atoms with Crippen molar-refractivity contribution in [1.82, 2.24) is 25.2 Å². The number of hydrogen-bond acceptors (Lipinski definition) is 8. The van der Waals surface area contributed by atoms with Gasteiger partial charge in [-0.1, -0.05) is 0 Å². The number of aliphatic hydroxyl groups is 1. The summed E-state index contributed by atoms with van der Waals surface area (Å²) in [6, 6.07) is 10.5. The van der Waals surface area contributed by atoms with E-state index in [1.165, 1.54) is 0 Å². The van der Waals surface area contributed by atoms with Gasteiger partial charge >= 0.3 is 12.1 Å². The Morgan fingerprint density at radius 3 is 2.70 bits per heavy atom. The number of aromatic nitrogens is 3. The zero-order valence-electron chi connectivity index (χ0n) is 17.7. The third-order valence-corrected chi connectivity index (χ3v) is 4.77. The Kier molecular flexibility index (Phi) is 6.26. The average Bonchev–Trinajstić information content (AvgIpc) is 3.34. The second-order valence-corrected chi connectivity index (χ2v) is 7.03.